The molecular weight excluding hydrogens is 1740 g/mol. The van der Waals surface area contributed by atoms with Gasteiger partial charge in [-0.2, -0.15) is 0 Å². The van der Waals surface area contributed by atoms with Gasteiger partial charge in [0.1, 0.15) is 60.8 Å². The van der Waals surface area contributed by atoms with Crippen LogP contribution in [0.2, 0.25) is 0 Å². The Balaban J connectivity index is 0.994. The van der Waals surface area contributed by atoms with Crippen LogP contribution in [0.1, 0.15) is 110 Å². The number of phosphoric ester groups is 1. The highest BCUT2D eigenvalue weighted by Gasteiger charge is 2.62. The molecule has 3 fully saturated rings. The summed E-state index contributed by atoms with van der Waals surface area (Å²) in [6.45, 7) is -2.91. The lowest BCUT2D eigenvalue weighted by atomic mass is 9.80. The number of benzene rings is 12. The van der Waals surface area contributed by atoms with Crippen molar-refractivity contribution in [1.29, 1.82) is 0 Å². The number of hydrogen-bond donors (Lipinski definition) is 2. The van der Waals surface area contributed by atoms with Crippen LogP contribution in [-0.2, 0) is 85.7 Å². The Bertz CT molecular complexity index is 5910. The predicted octanol–water partition coefficient (Wildman–Crippen LogP) is 14.4. The summed E-state index contributed by atoms with van der Waals surface area (Å²) < 4.78 is 133. The predicted molar refractivity (Wildman–Crippen MR) is 470 cm³/mol. The number of esters is 9. The van der Waals surface area contributed by atoms with Gasteiger partial charge in [-0.3, -0.25) is 4.52 Å². The van der Waals surface area contributed by atoms with Crippen LogP contribution in [0.15, 0.2) is 352 Å². The Hall–Kier alpha value is -14.7. The first-order chi connectivity index (χ1) is 64.7. The molecule has 31 heteroatoms. The maximum Gasteiger partial charge on any atom is 0.472 e. The van der Waals surface area contributed by atoms with Crippen LogP contribution >= 0.6 is 7.82 Å². The Morgan fingerprint density at radius 2 is 0.489 bits per heavy atom. The quantitative estimate of drug-likeness (QED) is 0.0164. The summed E-state index contributed by atoms with van der Waals surface area (Å²) >= 11 is 0. The van der Waals surface area contributed by atoms with Crippen LogP contribution in [0.25, 0.3) is 0 Å². The number of carbonyl (C=O) groups excluding carboxylic acids is 9. The molecule has 15 rings (SSSR count). The van der Waals surface area contributed by atoms with Crippen LogP contribution in [0.4, 0.5) is 0 Å². The van der Waals surface area contributed by atoms with Crippen LogP contribution in [-0.4, -0.2) is 190 Å². The van der Waals surface area contributed by atoms with Gasteiger partial charge in [0.2, 0.25) is 6.29 Å². The smallest absolute Gasteiger partial charge is 0.472 e. The van der Waals surface area contributed by atoms with E-state index in [0.717, 1.165) is 0 Å². The lowest BCUT2D eigenvalue weighted by Crippen LogP contribution is -2.69. The van der Waals surface area contributed by atoms with Gasteiger partial charge in [0, 0.05) is 0 Å². The molecule has 3 aliphatic rings. The Labute approximate surface area is 762 Å². The van der Waals surface area contributed by atoms with Gasteiger partial charge < -0.3 is 90.3 Å². The molecule has 0 bridgehead atoms. The van der Waals surface area contributed by atoms with Crippen molar-refractivity contribution < 1.29 is 143 Å². The van der Waals surface area contributed by atoms with Crippen molar-refractivity contribution in [1.82, 2.24) is 0 Å². The fourth-order valence-electron chi connectivity index (χ4n) is 15.3. The van der Waals surface area contributed by atoms with E-state index in [-0.39, 0.29) is 50.1 Å². The normalized spacial score (nSPS) is 21.6. The highest BCUT2D eigenvalue weighted by Crippen LogP contribution is 2.47. The summed E-state index contributed by atoms with van der Waals surface area (Å²) in [4.78, 5) is 159. The van der Waals surface area contributed by atoms with E-state index in [1.807, 2.05) is 0 Å². The van der Waals surface area contributed by atoms with E-state index >= 15 is 28.8 Å². The van der Waals surface area contributed by atoms with E-state index in [1.165, 1.54) is 220 Å². The second-order valence-electron chi connectivity index (χ2n) is 30.3. The van der Waals surface area contributed by atoms with Crippen molar-refractivity contribution in [2.45, 2.75) is 97.7 Å². The molecule has 0 unspecified atom stereocenters. The monoisotopic (exact) mass is 1820 g/mol. The zero-order valence-electron chi connectivity index (χ0n) is 71.0. The molecule has 680 valence electrons. The summed E-state index contributed by atoms with van der Waals surface area (Å²) in [5.74, 6) is -9.51. The molecule has 0 radical (unpaired) electrons. The van der Waals surface area contributed by atoms with Crippen molar-refractivity contribution in [2.24, 2.45) is 0 Å². The zero-order valence-corrected chi connectivity index (χ0v) is 71.9. The largest absolute Gasteiger partial charge is 0.497 e. The number of hydrogen-bond acceptors (Lipinski definition) is 28. The zero-order chi connectivity index (χ0) is 92.8. The Morgan fingerprint density at radius 1 is 0.263 bits per heavy atom. The third kappa shape index (κ3) is 23.0. The van der Waals surface area contributed by atoms with Crippen LogP contribution < -0.4 is 9.47 Å². The third-order valence-electron chi connectivity index (χ3n) is 21.8. The van der Waals surface area contributed by atoms with Gasteiger partial charge in [-0.1, -0.05) is 218 Å². The summed E-state index contributed by atoms with van der Waals surface area (Å²) in [6, 6.07) is 89.1. The molecule has 2 N–H and O–H groups in total. The molecule has 15 atom stereocenters. The molecule has 0 aliphatic carbocycles. The molecule has 0 aromatic heterocycles. The number of rotatable bonds is 34. The molecular formula is C102H87O30P. The average Bonchev–Trinajstić information content (AvgIpc) is 0.750. The first kappa shape index (κ1) is 93.0. The van der Waals surface area contributed by atoms with Gasteiger partial charge in [-0.15, -0.1) is 0 Å². The van der Waals surface area contributed by atoms with Crippen LogP contribution in [0, 0.1) is 0 Å². The van der Waals surface area contributed by atoms with E-state index in [1.54, 1.807) is 146 Å². The maximum absolute atomic E-state index is 16.0. The van der Waals surface area contributed by atoms with Gasteiger partial charge in [-0.05, 0) is 150 Å². The molecule has 3 heterocycles. The van der Waals surface area contributed by atoms with Crippen molar-refractivity contribution in [3.8, 4) is 11.5 Å². The standard InChI is InChI=1S/C102H87O30P/c1-115-76-57-53-74(54-58-76)102(73-51-31-12-32-52-73,75-55-59-77(116-2)60-56-75)119-63-80-82(124-93(106)67-39-19-6-20-40-67)86(131-100-87(127-96(109)70-45-25-9-26-46-70)84(125-94(107)68-41-21-7-22-42-68)81(123-92(105)66-37-17-5-18-38-66)78(120-100)61-117-90(103)64-33-13-3-14-34-64)88(128-97(110)71-47-27-10-28-48-71)99(121-80)130-83-79(62-118-91(104)65-35-15-4-16-36-65)122-101(132-133(112,113)114)89(129-98(111)72-49-29-11-30-50-72)85(83)126-95(108)69-43-23-8-24-44-69/h3-60,78-89,99-101H,61-63H2,1-2H3,(H2,112,113,114)/t78-,79-,80-,81-,82+,83-,84+,85+,86+,87-,88-,89+,99+,100+,101-/m1/s1. The third-order valence-corrected chi connectivity index (χ3v) is 22.3. The summed E-state index contributed by atoms with van der Waals surface area (Å²) in [5.41, 5.74) is -1.73. The topological polar surface area (TPSA) is 377 Å². The van der Waals surface area contributed by atoms with Gasteiger partial charge in [0.25, 0.3) is 0 Å². The molecule has 3 saturated heterocycles. The van der Waals surface area contributed by atoms with Crippen molar-refractivity contribution in [2.75, 3.05) is 34.0 Å². The second kappa shape index (κ2) is 43.8. The van der Waals surface area contributed by atoms with E-state index < -0.39 is 179 Å². The van der Waals surface area contributed by atoms with Crippen molar-refractivity contribution in [3.63, 3.8) is 0 Å². The van der Waals surface area contributed by atoms with E-state index in [4.69, 9.17) is 85.1 Å². The van der Waals surface area contributed by atoms with Gasteiger partial charge in [-0.25, -0.2) is 47.7 Å². The SMILES string of the molecule is COc1ccc(C(OC[C@H]2O[C@@H](O[C@H]3[C@H](OC(=O)c4ccccc4)[C@H](OC(=O)c4ccccc4)[C@@H](OP(=O)(O)O)O[C@@H]3COC(=O)c3ccccc3)[C@H](OC(=O)c3ccccc3)[C@@H](O[C@@H]3O[C@H](COC(=O)c4ccccc4)[C@@H](OC(=O)c4ccccc4)[C@H](OC(=O)c4ccccc4)[C@H]3OC(=O)c3ccccc3)[C@H]2OC(=O)c2ccccc2)(c2ccccc2)c2ccc(OC)cc2)cc1. The van der Waals surface area contributed by atoms with Crippen molar-refractivity contribution in [3.05, 3.63) is 419 Å². The summed E-state index contributed by atoms with van der Waals surface area (Å²) in [5, 5.41) is 0. The number of methoxy groups -OCH3 is 2. The maximum atomic E-state index is 16.0. The van der Waals surface area contributed by atoms with E-state index in [9.17, 15) is 28.7 Å². The second-order valence-corrected chi connectivity index (χ2v) is 31.5. The van der Waals surface area contributed by atoms with Crippen LogP contribution in [0.5, 0.6) is 11.5 Å². The van der Waals surface area contributed by atoms with Gasteiger partial charge in [0.05, 0.1) is 70.9 Å². The fraction of sp³-hybridized carbons (Fsp3) is 0.206. The van der Waals surface area contributed by atoms with E-state index in [2.05, 4.69) is 0 Å². The summed E-state index contributed by atoms with van der Waals surface area (Å²) in [7, 11) is -2.95. The number of ether oxygens (including phenoxy) is 17. The molecule has 133 heavy (non-hydrogen) atoms. The average molecular weight is 1820 g/mol. The molecule has 0 spiro atoms. The number of phosphoric acid groups is 1. The number of carbonyl (C=O) groups is 9. The first-order valence-corrected chi connectivity index (χ1v) is 43.5. The Morgan fingerprint density at radius 3 is 0.797 bits per heavy atom. The molecule has 30 nitrogen and oxygen atoms in total. The minimum Gasteiger partial charge on any atom is -0.497 e. The summed E-state index contributed by atoms with van der Waals surface area (Å²) in [6.07, 6.45) is -34.4. The lowest BCUT2D eigenvalue weighted by Gasteiger charge is -2.51. The van der Waals surface area contributed by atoms with Crippen molar-refractivity contribution >= 4 is 61.5 Å². The Kier molecular flexibility index (Phi) is 30.7. The highest BCUT2D eigenvalue weighted by atomic mass is 31.2. The molecule has 12 aromatic rings. The van der Waals surface area contributed by atoms with Gasteiger partial charge >= 0.3 is 61.5 Å². The van der Waals surface area contributed by atoms with Gasteiger partial charge in [0.15, 0.2) is 55.3 Å². The molecule has 0 amide bonds. The highest BCUT2D eigenvalue weighted by molar-refractivity contribution is 7.46. The van der Waals surface area contributed by atoms with Crippen LogP contribution in [0.3, 0.4) is 0 Å². The molecule has 3 aliphatic heterocycles. The molecule has 0 saturated carbocycles. The fourth-order valence-corrected chi connectivity index (χ4v) is 15.7. The first-order valence-electron chi connectivity index (χ1n) is 42.0. The minimum absolute atomic E-state index is 0.0103. The lowest BCUT2D eigenvalue weighted by molar-refractivity contribution is -0.376. The minimum atomic E-state index is -5.91. The molecule has 12 aromatic carbocycles. The van der Waals surface area contributed by atoms with E-state index in [0.29, 0.717) is 28.2 Å².